The average Bonchev–Trinajstić information content (AvgIpc) is 2.03. The Kier molecular flexibility index (Phi) is 6.45. The number of hydrogen-bond donors (Lipinski definition) is 1. The van der Waals surface area contributed by atoms with Gasteiger partial charge in [-0.15, -0.1) is 0 Å². The number of thiocarbonyl (C=S) groups is 1. The van der Waals surface area contributed by atoms with Crippen molar-refractivity contribution in [2.24, 2.45) is 5.73 Å². The molecule has 0 spiro atoms. The second kappa shape index (κ2) is 6.20. The van der Waals surface area contributed by atoms with E-state index in [1.165, 1.54) is 0 Å². The van der Waals surface area contributed by atoms with Crippen LogP contribution in [-0.2, 0) is 0 Å². The SMILES string of the molecule is COc1cc(C(N)=S)c(I)cc1Br.[P]. The Hall–Kier alpha value is 0.550. The van der Waals surface area contributed by atoms with Crippen LogP contribution in [0.15, 0.2) is 16.6 Å². The van der Waals surface area contributed by atoms with E-state index in [-0.39, 0.29) is 9.90 Å². The third-order valence-electron chi connectivity index (χ3n) is 1.51. The van der Waals surface area contributed by atoms with E-state index in [9.17, 15) is 0 Å². The smallest absolute Gasteiger partial charge is 0.133 e. The van der Waals surface area contributed by atoms with Crippen molar-refractivity contribution in [1.29, 1.82) is 0 Å². The molecule has 0 atom stereocenters. The lowest BCUT2D eigenvalue weighted by molar-refractivity contribution is 0.412. The molecule has 14 heavy (non-hydrogen) atoms. The largest absolute Gasteiger partial charge is 0.496 e. The Bertz CT molecular complexity index is 361. The third-order valence-corrected chi connectivity index (χ3v) is 3.24. The maximum atomic E-state index is 5.54. The Labute approximate surface area is 114 Å². The second-order valence-electron chi connectivity index (χ2n) is 2.33. The molecule has 0 aliphatic rings. The fourth-order valence-corrected chi connectivity index (χ4v) is 2.92. The maximum Gasteiger partial charge on any atom is 0.133 e. The van der Waals surface area contributed by atoms with Crippen molar-refractivity contribution in [1.82, 2.24) is 0 Å². The number of rotatable bonds is 2. The summed E-state index contributed by atoms with van der Waals surface area (Å²) in [5.74, 6) is 0.739. The lowest BCUT2D eigenvalue weighted by Gasteiger charge is -2.07. The lowest BCUT2D eigenvalue weighted by atomic mass is 10.2. The van der Waals surface area contributed by atoms with Gasteiger partial charge in [0.2, 0.25) is 0 Å². The predicted molar refractivity (Wildman–Crippen MR) is 76.2 cm³/mol. The molecule has 0 unspecified atom stereocenters. The van der Waals surface area contributed by atoms with Crippen LogP contribution in [0.2, 0.25) is 0 Å². The summed E-state index contributed by atoms with van der Waals surface area (Å²) < 4.78 is 7.04. The van der Waals surface area contributed by atoms with Crippen LogP contribution in [0.3, 0.4) is 0 Å². The Morgan fingerprint density at radius 1 is 1.57 bits per heavy atom. The molecule has 0 aliphatic heterocycles. The molecular formula is C8H7BrINOPS. The summed E-state index contributed by atoms with van der Waals surface area (Å²) in [7, 11) is 1.61. The molecule has 0 aliphatic carbocycles. The molecular weight excluding hydrogens is 396 g/mol. The quantitative estimate of drug-likeness (QED) is 0.466. The highest BCUT2D eigenvalue weighted by Crippen LogP contribution is 2.29. The Morgan fingerprint density at radius 2 is 2.14 bits per heavy atom. The van der Waals surface area contributed by atoms with Gasteiger partial charge in [0.1, 0.15) is 10.7 Å². The van der Waals surface area contributed by atoms with E-state index in [0.29, 0.717) is 4.99 Å². The maximum absolute atomic E-state index is 5.54. The van der Waals surface area contributed by atoms with E-state index < -0.39 is 0 Å². The summed E-state index contributed by atoms with van der Waals surface area (Å²) >= 11 is 10.5. The molecule has 1 rings (SSSR count). The van der Waals surface area contributed by atoms with Crippen LogP contribution in [0.1, 0.15) is 5.56 Å². The molecule has 1 aromatic carbocycles. The van der Waals surface area contributed by atoms with Crippen molar-refractivity contribution < 1.29 is 4.74 Å². The van der Waals surface area contributed by atoms with Crippen LogP contribution in [0.5, 0.6) is 5.75 Å². The van der Waals surface area contributed by atoms with Gasteiger partial charge in [0.15, 0.2) is 0 Å². The van der Waals surface area contributed by atoms with Gasteiger partial charge in [-0.1, -0.05) is 12.2 Å². The molecule has 0 amide bonds. The van der Waals surface area contributed by atoms with E-state index in [0.717, 1.165) is 19.4 Å². The first-order chi connectivity index (χ1) is 6.06. The summed E-state index contributed by atoms with van der Waals surface area (Å²) in [6.45, 7) is 0. The number of ether oxygens (including phenoxy) is 1. The van der Waals surface area contributed by atoms with E-state index in [4.69, 9.17) is 22.7 Å². The average molecular weight is 403 g/mol. The summed E-state index contributed by atoms with van der Waals surface area (Å²) in [5.41, 5.74) is 6.39. The predicted octanol–water partition coefficient (Wildman–Crippen LogP) is 3.56. The number of hydrogen-bond acceptors (Lipinski definition) is 2. The molecule has 0 heterocycles. The minimum atomic E-state index is 0. The van der Waals surface area contributed by atoms with Gasteiger partial charge >= 0.3 is 0 Å². The zero-order chi connectivity index (χ0) is 10.0. The fourth-order valence-electron chi connectivity index (χ4n) is 0.874. The molecule has 2 N–H and O–H groups in total. The van der Waals surface area contributed by atoms with Gasteiger partial charge in [-0.3, -0.25) is 0 Å². The molecule has 1 aromatic rings. The van der Waals surface area contributed by atoms with Gasteiger partial charge in [0, 0.05) is 19.0 Å². The van der Waals surface area contributed by atoms with Gasteiger partial charge in [0.25, 0.3) is 0 Å². The van der Waals surface area contributed by atoms with Crippen LogP contribution < -0.4 is 10.5 Å². The highest BCUT2D eigenvalue weighted by Gasteiger charge is 2.08. The molecule has 0 saturated heterocycles. The van der Waals surface area contributed by atoms with Crippen LogP contribution >= 0.6 is 60.6 Å². The number of nitrogens with two attached hydrogens (primary N) is 1. The molecule has 0 saturated carbocycles. The molecule has 75 valence electrons. The number of benzene rings is 1. The van der Waals surface area contributed by atoms with Crippen molar-refractivity contribution >= 4 is 65.6 Å². The zero-order valence-electron chi connectivity index (χ0n) is 7.25. The molecule has 2 nitrogen and oxygen atoms in total. The van der Waals surface area contributed by atoms with E-state index in [1.54, 1.807) is 7.11 Å². The topological polar surface area (TPSA) is 35.2 Å². The summed E-state index contributed by atoms with van der Waals surface area (Å²) in [6.07, 6.45) is 0. The van der Waals surface area contributed by atoms with E-state index in [2.05, 4.69) is 38.5 Å². The normalized spacial score (nSPS) is 9.07. The minimum absolute atomic E-state index is 0. The van der Waals surface area contributed by atoms with Crippen molar-refractivity contribution in [3.05, 3.63) is 25.7 Å². The van der Waals surface area contributed by atoms with Crippen LogP contribution in [-0.4, -0.2) is 12.1 Å². The molecule has 0 bridgehead atoms. The van der Waals surface area contributed by atoms with Gasteiger partial charge in [-0.05, 0) is 50.7 Å². The molecule has 0 aromatic heterocycles. The highest BCUT2D eigenvalue weighted by molar-refractivity contribution is 14.1. The minimum Gasteiger partial charge on any atom is -0.496 e. The van der Waals surface area contributed by atoms with Gasteiger partial charge < -0.3 is 10.5 Å². The number of halogens is 2. The van der Waals surface area contributed by atoms with Crippen LogP contribution in [0.25, 0.3) is 0 Å². The van der Waals surface area contributed by atoms with Gasteiger partial charge in [-0.2, -0.15) is 0 Å². The van der Waals surface area contributed by atoms with Crippen molar-refractivity contribution in [3.8, 4) is 5.75 Å². The zero-order valence-corrected chi connectivity index (χ0v) is 12.7. The Balaban J connectivity index is 0.00000169. The summed E-state index contributed by atoms with van der Waals surface area (Å²) in [5, 5.41) is 0. The molecule has 6 heteroatoms. The van der Waals surface area contributed by atoms with Crippen molar-refractivity contribution in [2.75, 3.05) is 7.11 Å². The van der Waals surface area contributed by atoms with E-state index >= 15 is 0 Å². The summed E-state index contributed by atoms with van der Waals surface area (Å²) in [6, 6.07) is 3.75. The first kappa shape index (κ1) is 14.6. The Morgan fingerprint density at radius 3 is 2.57 bits per heavy atom. The van der Waals surface area contributed by atoms with Crippen molar-refractivity contribution in [3.63, 3.8) is 0 Å². The van der Waals surface area contributed by atoms with Gasteiger partial charge in [0.05, 0.1) is 11.6 Å². The lowest BCUT2D eigenvalue weighted by Crippen LogP contribution is -2.11. The van der Waals surface area contributed by atoms with Crippen molar-refractivity contribution in [2.45, 2.75) is 0 Å². The number of methoxy groups -OCH3 is 1. The summed E-state index contributed by atoms with van der Waals surface area (Å²) in [4.78, 5) is 0.384. The van der Waals surface area contributed by atoms with Crippen LogP contribution in [0, 0.1) is 3.57 Å². The highest BCUT2D eigenvalue weighted by atomic mass is 127. The first-order valence-corrected chi connectivity index (χ1v) is 5.67. The third kappa shape index (κ3) is 3.29. The van der Waals surface area contributed by atoms with Gasteiger partial charge in [-0.25, -0.2) is 0 Å². The van der Waals surface area contributed by atoms with E-state index in [1.807, 2.05) is 12.1 Å². The monoisotopic (exact) mass is 402 g/mol. The molecule has 0 fully saturated rings. The first-order valence-electron chi connectivity index (χ1n) is 3.39. The van der Waals surface area contributed by atoms with Crippen LogP contribution in [0.4, 0.5) is 0 Å². The fraction of sp³-hybridized carbons (Fsp3) is 0.125. The molecule has 3 radical (unpaired) electrons. The standard InChI is InChI=1S/C8H7BrINOS.P/c1-12-7-2-4(8(11)13)6(10)3-5(7)9;/h2-3H,1H3,(H2,11,13);. The second-order valence-corrected chi connectivity index (χ2v) is 4.79.